The third-order valence-corrected chi connectivity index (χ3v) is 3.47. The number of aromatic nitrogens is 1. The Bertz CT molecular complexity index is 600. The van der Waals surface area contributed by atoms with Crippen LogP contribution in [0.5, 0.6) is 5.75 Å². The molecule has 1 N–H and O–H groups in total. The third-order valence-electron chi connectivity index (χ3n) is 2.38. The summed E-state index contributed by atoms with van der Waals surface area (Å²) in [5, 5.41) is 2.72. The van der Waals surface area contributed by atoms with Gasteiger partial charge in [-0.15, -0.1) is 0 Å². The Morgan fingerprint density at radius 3 is 2.63 bits per heavy atom. The molecule has 0 bridgehead atoms. The number of nitrogens with zero attached hydrogens (tertiary/aromatic N) is 1. The summed E-state index contributed by atoms with van der Waals surface area (Å²) in [6.07, 6.45) is 1.62. The average molecular weight is 386 g/mol. The van der Waals surface area contributed by atoms with E-state index in [1.807, 2.05) is 6.07 Å². The van der Waals surface area contributed by atoms with E-state index in [4.69, 9.17) is 4.74 Å². The molecule has 98 valence electrons. The molecule has 0 saturated heterocycles. The van der Waals surface area contributed by atoms with E-state index in [-0.39, 0.29) is 5.91 Å². The Hall–Kier alpha value is -1.40. The fourth-order valence-corrected chi connectivity index (χ4v) is 2.22. The third kappa shape index (κ3) is 3.54. The number of carbonyl (C=O) groups excluding carboxylic acids is 1. The number of hydrogen-bond donors (Lipinski definition) is 1. The van der Waals surface area contributed by atoms with Gasteiger partial charge in [0.25, 0.3) is 5.91 Å². The molecule has 0 spiro atoms. The zero-order valence-corrected chi connectivity index (χ0v) is 13.2. The molecule has 0 radical (unpaired) electrons. The molecule has 0 unspecified atom stereocenters. The molecule has 1 aromatic heterocycles. The van der Waals surface area contributed by atoms with Crippen LogP contribution in [0.25, 0.3) is 0 Å². The molecule has 4 nitrogen and oxygen atoms in total. The number of rotatable bonds is 3. The van der Waals surface area contributed by atoms with Gasteiger partial charge in [-0.05, 0) is 62.2 Å². The molecule has 1 aromatic carbocycles. The van der Waals surface area contributed by atoms with E-state index in [2.05, 4.69) is 42.2 Å². The maximum absolute atomic E-state index is 12.0. The number of anilines is 1. The van der Waals surface area contributed by atoms with Crippen LogP contribution in [-0.2, 0) is 0 Å². The largest absolute Gasteiger partial charge is 0.496 e. The molecular weight excluding hydrogens is 376 g/mol. The van der Waals surface area contributed by atoms with Crippen molar-refractivity contribution in [3.05, 3.63) is 51.0 Å². The van der Waals surface area contributed by atoms with Crippen molar-refractivity contribution < 1.29 is 9.53 Å². The first kappa shape index (κ1) is 14.0. The van der Waals surface area contributed by atoms with E-state index in [0.717, 1.165) is 8.95 Å². The highest BCUT2D eigenvalue weighted by atomic mass is 79.9. The number of hydrogen-bond acceptors (Lipinski definition) is 3. The summed E-state index contributed by atoms with van der Waals surface area (Å²) in [6, 6.07) is 8.66. The zero-order chi connectivity index (χ0) is 13.8. The molecule has 6 heteroatoms. The topological polar surface area (TPSA) is 51.2 Å². The Kier molecular flexibility index (Phi) is 4.55. The van der Waals surface area contributed by atoms with Crippen molar-refractivity contribution in [1.29, 1.82) is 0 Å². The molecule has 1 heterocycles. The van der Waals surface area contributed by atoms with Crippen molar-refractivity contribution >= 4 is 43.6 Å². The van der Waals surface area contributed by atoms with Crippen molar-refractivity contribution in [3.8, 4) is 5.75 Å². The van der Waals surface area contributed by atoms with Crippen molar-refractivity contribution in [1.82, 2.24) is 4.98 Å². The molecule has 1 amide bonds. The average Bonchev–Trinajstić information content (AvgIpc) is 2.41. The van der Waals surface area contributed by atoms with Gasteiger partial charge in [0.1, 0.15) is 11.6 Å². The molecule has 0 atom stereocenters. The van der Waals surface area contributed by atoms with Crippen molar-refractivity contribution in [3.63, 3.8) is 0 Å². The number of ether oxygens (including phenoxy) is 1. The van der Waals surface area contributed by atoms with E-state index < -0.39 is 0 Å². The molecule has 2 aromatic rings. The molecule has 0 aliphatic rings. The number of pyridine rings is 1. The monoisotopic (exact) mass is 384 g/mol. The van der Waals surface area contributed by atoms with Gasteiger partial charge in [-0.25, -0.2) is 4.98 Å². The Morgan fingerprint density at radius 2 is 2.05 bits per heavy atom. The number of carbonyl (C=O) groups is 1. The van der Waals surface area contributed by atoms with Crippen LogP contribution < -0.4 is 10.1 Å². The summed E-state index contributed by atoms with van der Waals surface area (Å²) in [6.45, 7) is 0. The second kappa shape index (κ2) is 6.16. The summed E-state index contributed by atoms with van der Waals surface area (Å²) in [4.78, 5) is 16.1. The Morgan fingerprint density at radius 1 is 1.26 bits per heavy atom. The SMILES string of the molecule is COc1ccc(C(=O)Nc2ccc(Br)cn2)cc1Br. The van der Waals surface area contributed by atoms with Crippen LogP contribution in [0, 0.1) is 0 Å². The fourth-order valence-electron chi connectivity index (χ4n) is 1.45. The summed E-state index contributed by atoms with van der Waals surface area (Å²) < 4.78 is 6.70. The fraction of sp³-hybridized carbons (Fsp3) is 0.0769. The predicted molar refractivity (Wildman–Crippen MR) is 80.6 cm³/mol. The van der Waals surface area contributed by atoms with Crippen LogP contribution in [0.15, 0.2) is 45.5 Å². The molecular formula is C13H10Br2N2O2. The highest BCUT2D eigenvalue weighted by Gasteiger charge is 2.09. The first-order valence-electron chi connectivity index (χ1n) is 5.36. The maximum atomic E-state index is 12.0. The van der Waals surface area contributed by atoms with E-state index in [1.165, 1.54) is 0 Å². The predicted octanol–water partition coefficient (Wildman–Crippen LogP) is 3.87. The van der Waals surface area contributed by atoms with Gasteiger partial charge in [0.2, 0.25) is 0 Å². The molecule has 0 aliphatic heterocycles. The Labute approximate surface area is 127 Å². The Balaban J connectivity index is 2.16. The molecule has 0 fully saturated rings. The van der Waals surface area contributed by atoms with Gasteiger partial charge >= 0.3 is 0 Å². The van der Waals surface area contributed by atoms with Gasteiger partial charge < -0.3 is 10.1 Å². The lowest BCUT2D eigenvalue weighted by molar-refractivity contribution is 0.102. The first-order chi connectivity index (χ1) is 9.10. The van der Waals surface area contributed by atoms with E-state index in [0.29, 0.717) is 17.1 Å². The van der Waals surface area contributed by atoms with Gasteiger partial charge in [0.15, 0.2) is 0 Å². The van der Waals surface area contributed by atoms with Crippen LogP contribution in [0.4, 0.5) is 5.82 Å². The van der Waals surface area contributed by atoms with Crippen molar-refractivity contribution in [2.45, 2.75) is 0 Å². The van der Waals surface area contributed by atoms with Crippen LogP contribution in [0.1, 0.15) is 10.4 Å². The number of benzene rings is 1. The second-order valence-corrected chi connectivity index (χ2v) is 5.44. The van der Waals surface area contributed by atoms with Crippen LogP contribution in [0.2, 0.25) is 0 Å². The minimum absolute atomic E-state index is 0.224. The minimum atomic E-state index is -0.224. The lowest BCUT2D eigenvalue weighted by Crippen LogP contribution is -2.12. The smallest absolute Gasteiger partial charge is 0.256 e. The molecule has 2 rings (SSSR count). The quantitative estimate of drug-likeness (QED) is 0.872. The summed E-state index contributed by atoms with van der Waals surface area (Å²) in [7, 11) is 1.57. The summed E-state index contributed by atoms with van der Waals surface area (Å²) >= 11 is 6.63. The maximum Gasteiger partial charge on any atom is 0.256 e. The number of nitrogens with one attached hydrogen (secondary N) is 1. The van der Waals surface area contributed by atoms with Gasteiger partial charge in [0.05, 0.1) is 11.6 Å². The lowest BCUT2D eigenvalue weighted by Gasteiger charge is -2.07. The normalized spacial score (nSPS) is 10.1. The summed E-state index contributed by atoms with van der Waals surface area (Å²) in [5.41, 5.74) is 0.525. The van der Waals surface area contributed by atoms with Crippen molar-refractivity contribution in [2.24, 2.45) is 0 Å². The van der Waals surface area contributed by atoms with E-state index >= 15 is 0 Å². The second-order valence-electron chi connectivity index (χ2n) is 3.67. The van der Waals surface area contributed by atoms with Gasteiger partial charge in [-0.2, -0.15) is 0 Å². The number of halogens is 2. The van der Waals surface area contributed by atoms with E-state index in [9.17, 15) is 4.79 Å². The van der Waals surface area contributed by atoms with Gasteiger partial charge in [0, 0.05) is 16.2 Å². The first-order valence-corrected chi connectivity index (χ1v) is 6.95. The van der Waals surface area contributed by atoms with E-state index in [1.54, 1.807) is 37.6 Å². The zero-order valence-electron chi connectivity index (χ0n) is 9.98. The molecule has 0 aliphatic carbocycles. The lowest BCUT2D eigenvalue weighted by atomic mass is 10.2. The molecule has 19 heavy (non-hydrogen) atoms. The summed E-state index contributed by atoms with van der Waals surface area (Å²) in [5.74, 6) is 0.955. The van der Waals surface area contributed by atoms with Crippen LogP contribution in [0.3, 0.4) is 0 Å². The standard InChI is InChI=1S/C13H10Br2N2O2/c1-19-11-4-2-8(6-10(11)15)13(18)17-12-5-3-9(14)7-16-12/h2-7H,1H3,(H,16,17,18). The van der Waals surface area contributed by atoms with Gasteiger partial charge in [-0.3, -0.25) is 4.79 Å². The van der Waals surface area contributed by atoms with Crippen LogP contribution in [-0.4, -0.2) is 18.0 Å². The van der Waals surface area contributed by atoms with Crippen molar-refractivity contribution in [2.75, 3.05) is 12.4 Å². The highest BCUT2D eigenvalue weighted by molar-refractivity contribution is 9.10. The highest BCUT2D eigenvalue weighted by Crippen LogP contribution is 2.25. The van der Waals surface area contributed by atoms with Gasteiger partial charge in [-0.1, -0.05) is 0 Å². The number of methoxy groups -OCH3 is 1. The molecule has 0 saturated carbocycles. The minimum Gasteiger partial charge on any atom is -0.496 e. The van der Waals surface area contributed by atoms with Crippen LogP contribution >= 0.6 is 31.9 Å². The number of amides is 1.